The Bertz CT molecular complexity index is 867. The molecule has 1 heterocycles. The van der Waals surface area contributed by atoms with Crippen molar-refractivity contribution in [3.8, 4) is 5.75 Å². The van der Waals surface area contributed by atoms with Crippen LogP contribution in [0.25, 0.3) is 6.08 Å². The Hall–Kier alpha value is -2.86. The van der Waals surface area contributed by atoms with E-state index in [0.29, 0.717) is 5.56 Å². The van der Waals surface area contributed by atoms with Gasteiger partial charge in [-0.15, -0.1) is 0 Å². The molecule has 24 heavy (non-hydrogen) atoms. The number of halogens is 2. The number of nitrogens with one attached hydrogen (secondary N) is 1. The third kappa shape index (κ3) is 3.09. The average Bonchev–Trinajstić information content (AvgIpc) is 2.80. The predicted octanol–water partition coefficient (Wildman–Crippen LogP) is 3.28. The van der Waals surface area contributed by atoms with Crippen LogP contribution in [-0.2, 0) is 11.3 Å². The fourth-order valence-corrected chi connectivity index (χ4v) is 2.48. The zero-order valence-electron chi connectivity index (χ0n) is 12.3. The largest absolute Gasteiger partial charge is 0.506 e. The first kappa shape index (κ1) is 16.0. The van der Waals surface area contributed by atoms with E-state index < -0.39 is 17.8 Å². The summed E-state index contributed by atoms with van der Waals surface area (Å²) in [4.78, 5) is 25.3. The van der Waals surface area contributed by atoms with E-state index in [9.17, 15) is 19.1 Å². The summed E-state index contributed by atoms with van der Waals surface area (Å²) in [6.07, 6.45) is 1.44. The van der Waals surface area contributed by atoms with Gasteiger partial charge in [-0.1, -0.05) is 35.9 Å². The molecular formula is C17H12ClFN2O3. The van der Waals surface area contributed by atoms with Crippen LogP contribution in [0.3, 0.4) is 0 Å². The molecule has 2 aromatic carbocycles. The smallest absolute Gasteiger partial charge is 0.329 e. The van der Waals surface area contributed by atoms with Crippen LogP contribution < -0.4 is 5.32 Å². The second kappa shape index (κ2) is 6.33. The lowest BCUT2D eigenvalue weighted by Gasteiger charge is -2.12. The highest BCUT2D eigenvalue weighted by Gasteiger charge is 2.33. The Morgan fingerprint density at radius 3 is 2.67 bits per heavy atom. The molecule has 0 aliphatic carbocycles. The summed E-state index contributed by atoms with van der Waals surface area (Å²) in [5.74, 6) is -1.13. The van der Waals surface area contributed by atoms with Crippen LogP contribution in [-0.4, -0.2) is 21.9 Å². The van der Waals surface area contributed by atoms with Crippen molar-refractivity contribution in [3.63, 3.8) is 0 Å². The fourth-order valence-electron chi connectivity index (χ4n) is 2.29. The Morgan fingerprint density at radius 2 is 1.96 bits per heavy atom. The fraction of sp³-hybridized carbons (Fsp3) is 0.0588. The van der Waals surface area contributed by atoms with Gasteiger partial charge < -0.3 is 10.4 Å². The van der Waals surface area contributed by atoms with Crippen molar-refractivity contribution in [1.29, 1.82) is 0 Å². The van der Waals surface area contributed by atoms with Gasteiger partial charge in [0.25, 0.3) is 5.91 Å². The van der Waals surface area contributed by atoms with Crippen LogP contribution >= 0.6 is 11.6 Å². The molecule has 1 fully saturated rings. The van der Waals surface area contributed by atoms with Gasteiger partial charge in [0.05, 0.1) is 11.6 Å². The molecule has 2 aromatic rings. The van der Waals surface area contributed by atoms with Crippen LogP contribution in [0.15, 0.2) is 48.2 Å². The second-order valence-electron chi connectivity index (χ2n) is 5.18. The number of nitrogens with zero attached hydrogens (tertiary/aromatic N) is 1. The predicted molar refractivity (Wildman–Crippen MR) is 86.6 cm³/mol. The van der Waals surface area contributed by atoms with Gasteiger partial charge in [-0.2, -0.15) is 0 Å². The van der Waals surface area contributed by atoms with Crippen LogP contribution in [0.2, 0.25) is 5.02 Å². The molecule has 3 rings (SSSR count). The number of imide groups is 1. The molecule has 1 saturated heterocycles. The molecule has 0 saturated carbocycles. The SMILES string of the molecule is O=C1NC(=Cc2ccc(O)c(Cl)c2)C(=O)N1Cc1ccccc1F. The van der Waals surface area contributed by atoms with Gasteiger partial charge in [-0.3, -0.25) is 9.69 Å². The normalized spacial score (nSPS) is 15.9. The lowest BCUT2D eigenvalue weighted by molar-refractivity contribution is -0.123. The first-order valence-corrected chi connectivity index (χ1v) is 7.40. The lowest BCUT2D eigenvalue weighted by Crippen LogP contribution is -2.30. The number of phenols is 1. The number of amides is 3. The second-order valence-corrected chi connectivity index (χ2v) is 5.59. The molecule has 5 nitrogen and oxygen atoms in total. The zero-order valence-corrected chi connectivity index (χ0v) is 13.0. The van der Waals surface area contributed by atoms with Gasteiger partial charge in [0, 0.05) is 5.56 Å². The monoisotopic (exact) mass is 346 g/mol. The summed E-state index contributed by atoms with van der Waals surface area (Å²) < 4.78 is 13.7. The van der Waals surface area contributed by atoms with E-state index >= 15 is 0 Å². The Kier molecular flexibility index (Phi) is 4.22. The number of carbonyl (C=O) groups is 2. The van der Waals surface area contributed by atoms with Crippen molar-refractivity contribution in [2.75, 3.05) is 0 Å². The molecule has 0 spiro atoms. The maximum atomic E-state index is 13.7. The van der Waals surface area contributed by atoms with Gasteiger partial charge >= 0.3 is 6.03 Å². The van der Waals surface area contributed by atoms with Gasteiger partial charge in [0.15, 0.2) is 0 Å². The summed E-state index contributed by atoms with van der Waals surface area (Å²) in [6, 6.07) is 9.71. The molecule has 3 amide bonds. The van der Waals surface area contributed by atoms with Crippen LogP contribution in [0.5, 0.6) is 5.75 Å². The minimum atomic E-state index is -0.626. The standard InChI is InChI=1S/C17H12ClFN2O3/c18-12-7-10(5-6-15(12)22)8-14-16(23)21(17(24)20-14)9-11-3-1-2-4-13(11)19/h1-8,22H,9H2,(H,20,24). The molecule has 0 unspecified atom stereocenters. The number of rotatable bonds is 3. The molecule has 0 aromatic heterocycles. The zero-order chi connectivity index (χ0) is 17.3. The number of carbonyl (C=O) groups excluding carboxylic acids is 2. The van der Waals surface area contributed by atoms with E-state index in [-0.39, 0.29) is 28.6 Å². The summed E-state index contributed by atoms with van der Waals surface area (Å²) in [7, 11) is 0. The number of aromatic hydroxyl groups is 1. The molecule has 122 valence electrons. The lowest BCUT2D eigenvalue weighted by atomic mass is 10.1. The van der Waals surface area contributed by atoms with Gasteiger partial charge in [0.2, 0.25) is 0 Å². The molecule has 1 aliphatic rings. The van der Waals surface area contributed by atoms with Crippen LogP contribution in [0, 0.1) is 5.82 Å². The first-order chi connectivity index (χ1) is 11.5. The highest BCUT2D eigenvalue weighted by molar-refractivity contribution is 6.32. The third-order valence-electron chi connectivity index (χ3n) is 3.53. The number of phenolic OH excluding ortho intramolecular Hbond substituents is 1. The van der Waals surface area contributed by atoms with E-state index in [1.165, 1.54) is 36.4 Å². The van der Waals surface area contributed by atoms with Crippen LogP contribution in [0.1, 0.15) is 11.1 Å². The first-order valence-electron chi connectivity index (χ1n) is 7.02. The Morgan fingerprint density at radius 1 is 1.21 bits per heavy atom. The van der Waals surface area contributed by atoms with Gasteiger partial charge in [-0.25, -0.2) is 9.18 Å². The van der Waals surface area contributed by atoms with E-state index in [1.54, 1.807) is 12.1 Å². The van der Waals surface area contributed by atoms with Crippen molar-refractivity contribution in [2.24, 2.45) is 0 Å². The molecule has 1 aliphatic heterocycles. The summed E-state index contributed by atoms with van der Waals surface area (Å²) in [5.41, 5.74) is 0.835. The molecular weight excluding hydrogens is 335 g/mol. The summed E-state index contributed by atoms with van der Waals surface area (Å²) in [6.45, 7) is -0.162. The summed E-state index contributed by atoms with van der Waals surface area (Å²) in [5, 5.41) is 12.0. The van der Waals surface area contributed by atoms with E-state index in [1.807, 2.05) is 0 Å². The Labute approximate surface area is 142 Å². The van der Waals surface area contributed by atoms with Crippen molar-refractivity contribution in [2.45, 2.75) is 6.54 Å². The van der Waals surface area contributed by atoms with Crippen molar-refractivity contribution >= 4 is 29.6 Å². The maximum Gasteiger partial charge on any atom is 0.329 e. The minimum Gasteiger partial charge on any atom is -0.506 e. The van der Waals surface area contributed by atoms with E-state index in [4.69, 9.17) is 11.6 Å². The molecule has 7 heteroatoms. The van der Waals surface area contributed by atoms with Crippen molar-refractivity contribution in [1.82, 2.24) is 10.2 Å². The highest BCUT2D eigenvalue weighted by Crippen LogP contribution is 2.25. The Balaban J connectivity index is 1.84. The van der Waals surface area contributed by atoms with Crippen molar-refractivity contribution in [3.05, 3.63) is 70.1 Å². The molecule has 0 bridgehead atoms. The molecule has 0 atom stereocenters. The number of urea groups is 1. The topological polar surface area (TPSA) is 69.6 Å². The van der Waals surface area contributed by atoms with E-state index in [2.05, 4.69) is 5.32 Å². The van der Waals surface area contributed by atoms with Gasteiger partial charge in [-0.05, 0) is 29.8 Å². The number of benzene rings is 2. The van der Waals surface area contributed by atoms with Crippen LogP contribution in [0.4, 0.5) is 9.18 Å². The van der Waals surface area contributed by atoms with E-state index in [0.717, 1.165) is 4.90 Å². The minimum absolute atomic E-state index is 0.0538. The average molecular weight is 347 g/mol. The summed E-state index contributed by atoms with van der Waals surface area (Å²) >= 11 is 5.81. The quantitative estimate of drug-likeness (QED) is 0.662. The number of hydrogen-bond acceptors (Lipinski definition) is 3. The third-order valence-corrected chi connectivity index (χ3v) is 3.83. The van der Waals surface area contributed by atoms with Gasteiger partial charge in [0.1, 0.15) is 17.3 Å². The molecule has 0 radical (unpaired) electrons. The van der Waals surface area contributed by atoms with Crippen molar-refractivity contribution < 1.29 is 19.1 Å². The molecule has 2 N–H and O–H groups in total. The highest BCUT2D eigenvalue weighted by atomic mass is 35.5. The number of hydrogen-bond donors (Lipinski definition) is 2. The maximum absolute atomic E-state index is 13.7.